The summed E-state index contributed by atoms with van der Waals surface area (Å²) in [5, 5.41) is 0. The Labute approximate surface area is 67.1 Å². The van der Waals surface area contributed by atoms with Crippen molar-refractivity contribution in [1.29, 1.82) is 0 Å². The molecular weight excluding hydrogens is 170 g/mol. The van der Waals surface area contributed by atoms with Crippen LogP contribution in [0, 0.1) is 0 Å². The minimum atomic E-state index is -1.56. The van der Waals surface area contributed by atoms with E-state index in [9.17, 15) is 9.59 Å². The molecule has 0 radical (unpaired) electrons. The highest BCUT2D eigenvalue weighted by Crippen LogP contribution is 1.86. The number of hydrazine groups is 2. The molecule has 0 rings (SSSR count). The maximum absolute atomic E-state index is 10.3. The summed E-state index contributed by atoms with van der Waals surface area (Å²) in [5.41, 5.74) is 8.16. The van der Waals surface area contributed by atoms with Crippen LogP contribution < -0.4 is 28.3 Å². The quantitative estimate of drug-likeness (QED) is 0.135. The summed E-state index contributed by atoms with van der Waals surface area (Å²) < 4.78 is 8.27. The van der Waals surface area contributed by atoms with Crippen LogP contribution in [0.25, 0.3) is 0 Å². The van der Waals surface area contributed by atoms with Crippen LogP contribution in [-0.2, 0) is 9.47 Å². The molecule has 0 aromatic carbocycles. The lowest BCUT2D eigenvalue weighted by Crippen LogP contribution is -2.42. The van der Waals surface area contributed by atoms with Gasteiger partial charge in [0.15, 0.2) is 0 Å². The van der Waals surface area contributed by atoms with Crippen molar-refractivity contribution in [2.24, 2.45) is 17.4 Å². The largest absolute Gasteiger partial charge is 0.425 e. The van der Waals surface area contributed by atoms with E-state index < -0.39 is 18.6 Å². The van der Waals surface area contributed by atoms with Crippen molar-refractivity contribution in [3.05, 3.63) is 0 Å². The predicted octanol–water partition coefficient (Wildman–Crippen LogP) is -2.57. The van der Waals surface area contributed by atoms with Gasteiger partial charge in [0.25, 0.3) is 0 Å². The molecule has 12 heavy (non-hydrogen) atoms. The van der Waals surface area contributed by atoms with Gasteiger partial charge in [0.05, 0.1) is 0 Å². The van der Waals surface area contributed by atoms with E-state index in [4.69, 9.17) is 5.73 Å². The van der Waals surface area contributed by atoms with Gasteiger partial charge in [0.2, 0.25) is 0 Å². The van der Waals surface area contributed by atoms with Gasteiger partial charge in [-0.25, -0.2) is 21.3 Å². The standard InChI is InChI=1S/C3H9N5O4/c4-1(11-2(9)7-5)12-3(10)8-6/h1H,4-6H2,(H,7,9)(H,8,10). The molecule has 0 atom stereocenters. The third-order valence-corrected chi connectivity index (χ3v) is 0.682. The smallest absolute Gasteiger partial charge is 0.394 e. The van der Waals surface area contributed by atoms with E-state index >= 15 is 0 Å². The molecule has 0 spiro atoms. The van der Waals surface area contributed by atoms with E-state index in [2.05, 4.69) is 21.2 Å². The Morgan fingerprint density at radius 1 is 1.08 bits per heavy atom. The van der Waals surface area contributed by atoms with Crippen molar-refractivity contribution in [2.75, 3.05) is 0 Å². The van der Waals surface area contributed by atoms with Crippen LogP contribution in [0.3, 0.4) is 0 Å². The highest BCUT2D eigenvalue weighted by molar-refractivity contribution is 5.68. The van der Waals surface area contributed by atoms with Crippen LogP contribution in [0.15, 0.2) is 0 Å². The molecule has 0 unspecified atom stereocenters. The number of nitrogens with one attached hydrogen (secondary N) is 2. The van der Waals surface area contributed by atoms with Crippen LogP contribution in [0.1, 0.15) is 0 Å². The lowest BCUT2D eigenvalue weighted by Gasteiger charge is -2.11. The normalized spacial score (nSPS) is 9.00. The van der Waals surface area contributed by atoms with E-state index in [0.29, 0.717) is 0 Å². The van der Waals surface area contributed by atoms with Gasteiger partial charge in [-0.15, -0.1) is 0 Å². The van der Waals surface area contributed by atoms with Crippen LogP contribution in [0.4, 0.5) is 9.59 Å². The van der Waals surface area contributed by atoms with Crippen molar-refractivity contribution in [2.45, 2.75) is 6.41 Å². The van der Waals surface area contributed by atoms with Crippen LogP contribution in [0.5, 0.6) is 0 Å². The average molecular weight is 179 g/mol. The highest BCUT2D eigenvalue weighted by atomic mass is 16.7. The summed E-state index contributed by atoms with van der Waals surface area (Å²) in [5.74, 6) is 9.25. The van der Waals surface area contributed by atoms with Crippen LogP contribution in [-0.4, -0.2) is 18.6 Å². The Bertz CT molecular complexity index is 154. The number of amides is 2. The van der Waals surface area contributed by atoms with Gasteiger partial charge in [-0.3, -0.25) is 16.6 Å². The minimum Gasteiger partial charge on any atom is -0.394 e. The topological polar surface area (TPSA) is 155 Å². The van der Waals surface area contributed by atoms with Gasteiger partial charge in [-0.05, 0) is 0 Å². The van der Waals surface area contributed by atoms with Gasteiger partial charge in [-0.1, -0.05) is 0 Å². The molecule has 0 aliphatic heterocycles. The molecule has 0 aromatic rings. The van der Waals surface area contributed by atoms with Gasteiger partial charge < -0.3 is 9.47 Å². The Morgan fingerprint density at radius 3 is 1.67 bits per heavy atom. The van der Waals surface area contributed by atoms with Crippen molar-refractivity contribution < 1.29 is 19.1 Å². The first-order valence-corrected chi connectivity index (χ1v) is 2.70. The van der Waals surface area contributed by atoms with Gasteiger partial charge in [-0.2, -0.15) is 0 Å². The van der Waals surface area contributed by atoms with E-state index in [1.807, 2.05) is 0 Å². The average Bonchev–Trinajstić information content (AvgIpc) is 2.03. The summed E-state index contributed by atoms with van der Waals surface area (Å²) in [6, 6.07) is 0. The zero-order valence-electron chi connectivity index (χ0n) is 5.94. The lowest BCUT2D eigenvalue weighted by atomic mass is 11.0. The lowest BCUT2D eigenvalue weighted by molar-refractivity contribution is -0.0562. The molecule has 9 heteroatoms. The zero-order chi connectivity index (χ0) is 9.56. The fourth-order valence-electron chi connectivity index (χ4n) is 0.303. The molecule has 0 aromatic heterocycles. The van der Waals surface area contributed by atoms with Gasteiger partial charge in [0.1, 0.15) is 0 Å². The summed E-state index contributed by atoms with van der Waals surface area (Å²) in [4.78, 5) is 20.6. The summed E-state index contributed by atoms with van der Waals surface area (Å²) in [7, 11) is 0. The number of carbonyl (C=O) groups excluding carboxylic acids is 2. The fraction of sp³-hybridized carbons (Fsp3) is 0.333. The SMILES string of the molecule is NNC(=O)OC(N)OC(=O)NN. The van der Waals surface area contributed by atoms with Crippen LogP contribution >= 0.6 is 0 Å². The number of nitrogens with two attached hydrogens (primary N) is 3. The second-order valence-electron chi connectivity index (χ2n) is 1.47. The molecule has 0 aliphatic carbocycles. The summed E-state index contributed by atoms with van der Waals surface area (Å²) in [6.45, 7) is 0. The molecule has 2 amide bonds. The number of carbonyl (C=O) groups is 2. The molecule has 8 N–H and O–H groups in total. The van der Waals surface area contributed by atoms with Gasteiger partial charge in [0, 0.05) is 0 Å². The summed E-state index contributed by atoms with van der Waals surface area (Å²) >= 11 is 0. The van der Waals surface area contributed by atoms with Gasteiger partial charge >= 0.3 is 18.6 Å². The van der Waals surface area contributed by atoms with Crippen LogP contribution in [0.2, 0.25) is 0 Å². The third kappa shape index (κ3) is 4.27. The molecule has 9 nitrogen and oxygen atoms in total. The maximum Gasteiger partial charge on any atom is 0.425 e. The van der Waals surface area contributed by atoms with E-state index in [1.165, 1.54) is 0 Å². The Morgan fingerprint density at radius 2 is 1.42 bits per heavy atom. The predicted molar refractivity (Wildman–Crippen MR) is 35.6 cm³/mol. The fourth-order valence-corrected chi connectivity index (χ4v) is 0.303. The monoisotopic (exact) mass is 179 g/mol. The molecule has 0 saturated heterocycles. The highest BCUT2D eigenvalue weighted by Gasteiger charge is 2.11. The summed E-state index contributed by atoms with van der Waals surface area (Å²) in [6.07, 6.45) is -3.63. The third-order valence-electron chi connectivity index (χ3n) is 0.682. The zero-order valence-corrected chi connectivity index (χ0v) is 5.94. The molecule has 0 saturated carbocycles. The number of hydrogen-bond donors (Lipinski definition) is 5. The number of ether oxygens (including phenoxy) is 2. The first-order chi connectivity index (χ1) is 5.60. The second-order valence-corrected chi connectivity index (χ2v) is 1.47. The Kier molecular flexibility index (Phi) is 4.45. The molecule has 0 heterocycles. The molecule has 0 aliphatic rings. The first-order valence-electron chi connectivity index (χ1n) is 2.70. The van der Waals surface area contributed by atoms with Crippen molar-refractivity contribution in [1.82, 2.24) is 10.9 Å². The Hall–Kier alpha value is -1.58. The maximum atomic E-state index is 10.3. The number of rotatable bonds is 2. The molecule has 0 bridgehead atoms. The van der Waals surface area contributed by atoms with E-state index in [0.717, 1.165) is 0 Å². The van der Waals surface area contributed by atoms with Crippen molar-refractivity contribution in [3.63, 3.8) is 0 Å². The molecule has 0 fully saturated rings. The minimum absolute atomic E-state index is 1.03. The van der Waals surface area contributed by atoms with Crippen molar-refractivity contribution >= 4 is 12.2 Å². The molecular formula is C3H9N5O4. The first kappa shape index (κ1) is 10.4. The number of hydrogen-bond acceptors (Lipinski definition) is 7. The van der Waals surface area contributed by atoms with E-state index in [-0.39, 0.29) is 0 Å². The van der Waals surface area contributed by atoms with E-state index in [1.54, 1.807) is 10.9 Å². The Balaban J connectivity index is 3.66. The second kappa shape index (κ2) is 5.12. The van der Waals surface area contributed by atoms with Crippen molar-refractivity contribution in [3.8, 4) is 0 Å². The molecule has 70 valence electrons.